The lowest BCUT2D eigenvalue weighted by atomic mass is 10.1. The van der Waals surface area contributed by atoms with Crippen molar-refractivity contribution in [2.75, 3.05) is 5.32 Å². The van der Waals surface area contributed by atoms with E-state index in [4.69, 9.17) is 4.74 Å². The number of nitrogens with one attached hydrogen (secondary N) is 2. The second-order valence-electron chi connectivity index (χ2n) is 5.39. The molecule has 26 heavy (non-hydrogen) atoms. The van der Waals surface area contributed by atoms with E-state index in [2.05, 4.69) is 25.7 Å². The first-order valence-electron chi connectivity index (χ1n) is 7.69. The van der Waals surface area contributed by atoms with E-state index >= 15 is 0 Å². The molecule has 0 saturated carbocycles. The Labute approximate surface area is 146 Å². The molecule has 0 spiro atoms. The topological polar surface area (TPSA) is 92.8 Å². The molecule has 0 radical (unpaired) electrons. The zero-order chi connectivity index (χ0) is 17.9. The second-order valence-corrected chi connectivity index (χ2v) is 5.39. The SMILES string of the molecule is O=C(Nc1ccc(Oc2ccc(F)cc2)nc1)c1cccc2n[nH]nc12. The summed E-state index contributed by atoms with van der Waals surface area (Å²) in [6, 6.07) is 14.0. The van der Waals surface area contributed by atoms with Crippen LogP contribution in [0.3, 0.4) is 0 Å². The molecule has 1 amide bonds. The summed E-state index contributed by atoms with van der Waals surface area (Å²) in [6.45, 7) is 0. The Morgan fingerprint density at radius 3 is 2.65 bits per heavy atom. The van der Waals surface area contributed by atoms with Crippen molar-refractivity contribution in [2.45, 2.75) is 0 Å². The Bertz CT molecular complexity index is 1060. The third-order valence-corrected chi connectivity index (χ3v) is 3.62. The highest BCUT2D eigenvalue weighted by Gasteiger charge is 2.13. The molecule has 128 valence electrons. The number of carbonyl (C=O) groups excluding carboxylic acids is 1. The van der Waals surface area contributed by atoms with E-state index in [1.807, 2.05) is 0 Å². The maximum absolute atomic E-state index is 12.9. The molecule has 0 saturated heterocycles. The normalized spacial score (nSPS) is 10.7. The maximum Gasteiger partial charge on any atom is 0.258 e. The van der Waals surface area contributed by atoms with Crippen molar-refractivity contribution >= 4 is 22.6 Å². The standard InChI is InChI=1S/C18H12FN5O2/c19-11-4-7-13(8-5-11)26-16-9-6-12(10-20-16)21-18(25)14-2-1-3-15-17(14)23-24-22-15/h1-10H,(H,21,25)(H,22,23,24). The van der Waals surface area contributed by atoms with Gasteiger partial charge in [-0.05, 0) is 42.5 Å². The van der Waals surface area contributed by atoms with Gasteiger partial charge in [-0.25, -0.2) is 9.37 Å². The number of hydrogen-bond acceptors (Lipinski definition) is 5. The smallest absolute Gasteiger partial charge is 0.258 e. The van der Waals surface area contributed by atoms with E-state index < -0.39 is 0 Å². The first-order valence-corrected chi connectivity index (χ1v) is 7.69. The van der Waals surface area contributed by atoms with Crippen LogP contribution in [0, 0.1) is 5.82 Å². The number of halogens is 1. The number of benzene rings is 2. The van der Waals surface area contributed by atoms with Crippen molar-refractivity contribution in [2.24, 2.45) is 0 Å². The van der Waals surface area contributed by atoms with Crippen molar-refractivity contribution < 1.29 is 13.9 Å². The summed E-state index contributed by atoms with van der Waals surface area (Å²) >= 11 is 0. The molecular weight excluding hydrogens is 337 g/mol. The number of fused-ring (bicyclic) bond motifs is 1. The van der Waals surface area contributed by atoms with Crippen molar-refractivity contribution in [3.8, 4) is 11.6 Å². The van der Waals surface area contributed by atoms with Gasteiger partial charge in [0, 0.05) is 6.07 Å². The molecule has 2 aromatic carbocycles. The van der Waals surface area contributed by atoms with Crippen LogP contribution in [-0.4, -0.2) is 26.3 Å². The molecule has 2 heterocycles. The van der Waals surface area contributed by atoms with Crippen molar-refractivity contribution in [1.29, 1.82) is 0 Å². The number of aromatic nitrogens is 4. The Morgan fingerprint density at radius 2 is 1.88 bits per heavy atom. The van der Waals surface area contributed by atoms with E-state index in [1.54, 1.807) is 30.3 Å². The van der Waals surface area contributed by atoms with Crippen LogP contribution in [0.25, 0.3) is 11.0 Å². The second kappa shape index (κ2) is 6.60. The number of carbonyl (C=O) groups is 1. The van der Waals surface area contributed by atoms with Crippen molar-refractivity contribution in [3.63, 3.8) is 0 Å². The fraction of sp³-hybridized carbons (Fsp3) is 0. The van der Waals surface area contributed by atoms with E-state index in [1.165, 1.54) is 30.5 Å². The summed E-state index contributed by atoms with van der Waals surface area (Å²) in [5.41, 5.74) is 2.01. The first kappa shape index (κ1) is 15.7. The minimum absolute atomic E-state index is 0.321. The van der Waals surface area contributed by atoms with Gasteiger partial charge in [-0.1, -0.05) is 6.07 Å². The average Bonchev–Trinajstić information content (AvgIpc) is 3.14. The van der Waals surface area contributed by atoms with Crippen LogP contribution in [0.15, 0.2) is 60.8 Å². The lowest BCUT2D eigenvalue weighted by molar-refractivity contribution is 0.102. The third kappa shape index (κ3) is 3.20. The van der Waals surface area contributed by atoms with Crippen LogP contribution in [-0.2, 0) is 0 Å². The van der Waals surface area contributed by atoms with Gasteiger partial charge in [0.05, 0.1) is 17.4 Å². The van der Waals surface area contributed by atoms with E-state index in [9.17, 15) is 9.18 Å². The van der Waals surface area contributed by atoms with Gasteiger partial charge in [0.15, 0.2) is 0 Å². The number of H-pyrrole nitrogens is 1. The lowest BCUT2D eigenvalue weighted by Gasteiger charge is -2.07. The Morgan fingerprint density at radius 1 is 1.04 bits per heavy atom. The van der Waals surface area contributed by atoms with E-state index in [-0.39, 0.29) is 11.7 Å². The zero-order valence-corrected chi connectivity index (χ0v) is 13.3. The van der Waals surface area contributed by atoms with Crippen LogP contribution >= 0.6 is 0 Å². The highest BCUT2D eigenvalue weighted by atomic mass is 19.1. The number of aromatic amines is 1. The zero-order valence-electron chi connectivity index (χ0n) is 13.3. The summed E-state index contributed by atoms with van der Waals surface area (Å²) in [5.74, 6) is 0.130. The monoisotopic (exact) mass is 349 g/mol. The molecule has 0 fully saturated rings. The highest BCUT2D eigenvalue weighted by Crippen LogP contribution is 2.21. The van der Waals surface area contributed by atoms with E-state index in [0.717, 1.165) is 0 Å². The average molecular weight is 349 g/mol. The summed E-state index contributed by atoms with van der Waals surface area (Å²) < 4.78 is 18.4. The van der Waals surface area contributed by atoms with Crippen molar-refractivity contribution in [1.82, 2.24) is 20.4 Å². The number of pyridine rings is 1. The predicted octanol–water partition coefficient (Wildman–Crippen LogP) is 3.54. The molecule has 2 aromatic heterocycles. The molecule has 2 N–H and O–H groups in total. The Hall–Kier alpha value is -3.81. The van der Waals surface area contributed by atoms with Gasteiger partial charge in [-0.15, -0.1) is 0 Å². The molecule has 8 heteroatoms. The number of amides is 1. The molecule has 0 aliphatic rings. The van der Waals surface area contributed by atoms with Crippen molar-refractivity contribution in [3.05, 3.63) is 72.2 Å². The van der Waals surface area contributed by atoms with Crippen LogP contribution in [0.1, 0.15) is 10.4 Å². The molecule has 0 unspecified atom stereocenters. The molecule has 0 bridgehead atoms. The van der Waals surface area contributed by atoms with Gasteiger partial charge in [-0.3, -0.25) is 4.79 Å². The van der Waals surface area contributed by atoms with Gasteiger partial charge in [0.2, 0.25) is 5.88 Å². The van der Waals surface area contributed by atoms with Crippen LogP contribution in [0.2, 0.25) is 0 Å². The number of ether oxygens (including phenoxy) is 1. The number of para-hydroxylation sites is 1. The van der Waals surface area contributed by atoms with Gasteiger partial charge in [0.25, 0.3) is 5.91 Å². The quantitative estimate of drug-likeness (QED) is 0.588. The Balaban J connectivity index is 1.48. The predicted molar refractivity (Wildman–Crippen MR) is 92.6 cm³/mol. The largest absolute Gasteiger partial charge is 0.439 e. The fourth-order valence-corrected chi connectivity index (χ4v) is 2.39. The molecule has 7 nitrogen and oxygen atoms in total. The molecular formula is C18H12FN5O2. The Kier molecular flexibility index (Phi) is 3.98. The minimum atomic E-state index is -0.342. The van der Waals surface area contributed by atoms with Gasteiger partial charge >= 0.3 is 0 Å². The maximum atomic E-state index is 12.9. The number of rotatable bonds is 4. The fourth-order valence-electron chi connectivity index (χ4n) is 2.39. The molecule has 0 atom stereocenters. The molecule has 4 rings (SSSR count). The summed E-state index contributed by atoms with van der Waals surface area (Å²) in [7, 11) is 0. The van der Waals surface area contributed by atoms with Gasteiger partial charge in [-0.2, -0.15) is 15.4 Å². The number of hydrogen-bond donors (Lipinski definition) is 2. The molecule has 4 aromatic rings. The summed E-state index contributed by atoms with van der Waals surface area (Å²) in [5, 5.41) is 13.2. The van der Waals surface area contributed by atoms with Crippen LogP contribution in [0.4, 0.5) is 10.1 Å². The summed E-state index contributed by atoms with van der Waals surface area (Å²) in [4.78, 5) is 16.6. The lowest BCUT2D eigenvalue weighted by Crippen LogP contribution is -2.12. The minimum Gasteiger partial charge on any atom is -0.439 e. The highest BCUT2D eigenvalue weighted by molar-refractivity contribution is 6.11. The molecule has 0 aliphatic carbocycles. The third-order valence-electron chi connectivity index (χ3n) is 3.62. The summed E-state index contributed by atoms with van der Waals surface area (Å²) in [6.07, 6.45) is 1.47. The molecule has 0 aliphatic heterocycles. The van der Waals surface area contributed by atoms with Crippen LogP contribution in [0.5, 0.6) is 11.6 Å². The van der Waals surface area contributed by atoms with E-state index in [0.29, 0.717) is 33.9 Å². The number of nitrogens with zero attached hydrogens (tertiary/aromatic N) is 3. The van der Waals surface area contributed by atoms with Gasteiger partial charge in [0.1, 0.15) is 22.6 Å². The number of anilines is 1. The first-order chi connectivity index (χ1) is 12.7. The van der Waals surface area contributed by atoms with Crippen LogP contribution < -0.4 is 10.1 Å². The van der Waals surface area contributed by atoms with Gasteiger partial charge < -0.3 is 10.1 Å².